The van der Waals surface area contributed by atoms with Gasteiger partial charge in [-0.25, -0.2) is 0 Å². The molecule has 1 aromatic rings. The highest BCUT2D eigenvalue weighted by molar-refractivity contribution is 5.35. The minimum absolute atomic E-state index is 0.401. The smallest absolute Gasteiger partial charge is 0.119 e. The molecule has 1 fully saturated rings. The Morgan fingerprint density at radius 1 is 1.24 bits per heavy atom. The molecule has 2 unspecified atom stereocenters. The fourth-order valence-electron chi connectivity index (χ4n) is 2.44. The number of hydrogen-bond acceptors (Lipinski definition) is 2. The van der Waals surface area contributed by atoms with Gasteiger partial charge >= 0.3 is 0 Å². The average Bonchev–Trinajstić information content (AvgIpc) is 2.96. The van der Waals surface area contributed by atoms with Crippen LogP contribution in [0.4, 0.5) is 0 Å². The fourth-order valence-corrected chi connectivity index (χ4v) is 2.44. The van der Waals surface area contributed by atoms with Crippen LogP contribution < -0.4 is 4.74 Å². The summed E-state index contributed by atoms with van der Waals surface area (Å²) in [5, 5.41) is 0. The van der Waals surface area contributed by atoms with Gasteiger partial charge in [0.25, 0.3) is 0 Å². The van der Waals surface area contributed by atoms with Gasteiger partial charge in [0.1, 0.15) is 11.9 Å². The van der Waals surface area contributed by atoms with E-state index in [1.165, 1.54) is 12.0 Å². The summed E-state index contributed by atoms with van der Waals surface area (Å²) in [6, 6.07) is 8.26. The van der Waals surface area contributed by atoms with Gasteiger partial charge in [-0.05, 0) is 31.0 Å². The van der Waals surface area contributed by atoms with Crippen LogP contribution in [-0.2, 0) is 11.3 Å². The molecule has 0 radical (unpaired) electrons. The second-order valence-corrected chi connectivity index (χ2v) is 4.81. The van der Waals surface area contributed by atoms with Crippen LogP contribution in [0, 0.1) is 5.92 Å². The number of benzene rings is 1. The summed E-state index contributed by atoms with van der Waals surface area (Å²) in [6.45, 7) is 3.46. The van der Waals surface area contributed by atoms with Gasteiger partial charge in [0.2, 0.25) is 0 Å². The molecule has 0 aromatic heterocycles. The molecule has 3 rings (SSSR count). The predicted molar refractivity (Wildman–Crippen MR) is 67.0 cm³/mol. The molecule has 0 N–H and O–H groups in total. The van der Waals surface area contributed by atoms with Crippen molar-refractivity contribution in [1.82, 2.24) is 0 Å². The Kier molecular flexibility index (Phi) is 2.89. The molecule has 2 nitrogen and oxygen atoms in total. The second kappa shape index (κ2) is 4.53. The van der Waals surface area contributed by atoms with Gasteiger partial charge in [-0.1, -0.05) is 23.8 Å². The number of rotatable bonds is 5. The first-order chi connectivity index (χ1) is 8.35. The first kappa shape index (κ1) is 10.8. The lowest BCUT2D eigenvalue weighted by molar-refractivity contribution is 0.134. The zero-order valence-corrected chi connectivity index (χ0v) is 10.2. The molecule has 1 saturated carbocycles. The van der Waals surface area contributed by atoms with Crippen LogP contribution in [0.25, 0.3) is 0 Å². The minimum atomic E-state index is 0.401. The minimum Gasteiger partial charge on any atom is -0.490 e. The van der Waals surface area contributed by atoms with Gasteiger partial charge in [0.15, 0.2) is 0 Å². The summed E-state index contributed by atoms with van der Waals surface area (Å²) in [5.41, 5.74) is 2.80. The summed E-state index contributed by atoms with van der Waals surface area (Å²) in [5.74, 6) is 1.76. The Balaban J connectivity index is 1.54. The van der Waals surface area contributed by atoms with Crippen molar-refractivity contribution in [3.8, 4) is 5.75 Å². The second-order valence-electron chi connectivity index (χ2n) is 4.81. The van der Waals surface area contributed by atoms with E-state index in [0.717, 1.165) is 24.7 Å². The van der Waals surface area contributed by atoms with Crippen molar-refractivity contribution >= 4 is 0 Å². The van der Waals surface area contributed by atoms with Gasteiger partial charge in [-0.15, -0.1) is 0 Å². The van der Waals surface area contributed by atoms with Crippen molar-refractivity contribution in [3.05, 3.63) is 41.5 Å². The van der Waals surface area contributed by atoms with Gasteiger partial charge in [-0.3, -0.25) is 0 Å². The van der Waals surface area contributed by atoms with Crippen molar-refractivity contribution in [1.29, 1.82) is 0 Å². The van der Waals surface area contributed by atoms with Crippen molar-refractivity contribution in [2.75, 3.05) is 6.61 Å². The van der Waals surface area contributed by atoms with Gasteiger partial charge < -0.3 is 9.47 Å². The highest BCUT2D eigenvalue weighted by Crippen LogP contribution is 2.45. The molecule has 0 aliphatic heterocycles. The van der Waals surface area contributed by atoms with Crippen molar-refractivity contribution in [3.63, 3.8) is 0 Å². The number of fused-ring (bicyclic) bond motifs is 1. The molecule has 0 heterocycles. The normalized spacial score (nSPS) is 25.4. The first-order valence-electron chi connectivity index (χ1n) is 6.39. The lowest BCUT2D eigenvalue weighted by atomic mass is 10.2. The zero-order valence-electron chi connectivity index (χ0n) is 10.2. The Hall–Kier alpha value is -1.28. The van der Waals surface area contributed by atoms with Crippen molar-refractivity contribution in [2.45, 2.75) is 32.5 Å². The van der Waals surface area contributed by atoms with E-state index < -0.39 is 0 Å². The van der Waals surface area contributed by atoms with E-state index in [2.05, 4.69) is 18.2 Å². The summed E-state index contributed by atoms with van der Waals surface area (Å²) < 4.78 is 11.3. The van der Waals surface area contributed by atoms with E-state index in [1.807, 2.05) is 19.1 Å². The average molecular weight is 230 g/mol. The van der Waals surface area contributed by atoms with Crippen LogP contribution in [0.2, 0.25) is 0 Å². The molecule has 2 heteroatoms. The van der Waals surface area contributed by atoms with E-state index in [9.17, 15) is 0 Å². The van der Waals surface area contributed by atoms with Crippen molar-refractivity contribution in [2.24, 2.45) is 5.92 Å². The quantitative estimate of drug-likeness (QED) is 0.722. The van der Waals surface area contributed by atoms with Crippen LogP contribution >= 0.6 is 0 Å². The lowest BCUT2D eigenvalue weighted by Crippen LogP contribution is -2.12. The molecule has 17 heavy (non-hydrogen) atoms. The van der Waals surface area contributed by atoms with E-state index >= 15 is 0 Å². The highest BCUT2D eigenvalue weighted by atomic mass is 16.5. The molecule has 0 bridgehead atoms. The third-order valence-corrected chi connectivity index (χ3v) is 3.46. The van der Waals surface area contributed by atoms with Gasteiger partial charge in [-0.2, -0.15) is 0 Å². The largest absolute Gasteiger partial charge is 0.490 e. The van der Waals surface area contributed by atoms with E-state index in [-0.39, 0.29) is 0 Å². The summed E-state index contributed by atoms with van der Waals surface area (Å²) in [7, 11) is 0. The molecule has 0 spiro atoms. The monoisotopic (exact) mass is 230 g/mol. The maximum absolute atomic E-state index is 5.95. The SMILES string of the molecule is CCOCc1ccc(OC2CC3=CC3C2)cc1. The molecule has 2 aliphatic carbocycles. The summed E-state index contributed by atoms with van der Waals surface area (Å²) in [6.07, 6.45) is 5.06. The van der Waals surface area contributed by atoms with Crippen LogP contribution in [0.5, 0.6) is 5.75 Å². The third-order valence-electron chi connectivity index (χ3n) is 3.46. The topological polar surface area (TPSA) is 18.5 Å². The molecular formula is C15H18O2. The van der Waals surface area contributed by atoms with Crippen molar-refractivity contribution < 1.29 is 9.47 Å². The lowest BCUT2D eigenvalue weighted by Gasteiger charge is -2.14. The van der Waals surface area contributed by atoms with E-state index in [0.29, 0.717) is 12.7 Å². The Bertz CT molecular complexity index is 419. The van der Waals surface area contributed by atoms with Gasteiger partial charge in [0.05, 0.1) is 6.61 Å². The van der Waals surface area contributed by atoms with Gasteiger partial charge in [0, 0.05) is 18.9 Å². The zero-order chi connectivity index (χ0) is 11.7. The standard InChI is InChI=1S/C15H18O2/c1-2-16-10-11-3-5-14(6-4-11)17-15-8-12-7-13(12)9-15/h3-7,12,15H,2,8-10H2,1H3. The van der Waals surface area contributed by atoms with Crippen LogP contribution in [-0.4, -0.2) is 12.7 Å². The van der Waals surface area contributed by atoms with E-state index in [4.69, 9.17) is 9.47 Å². The first-order valence-corrected chi connectivity index (χ1v) is 6.39. The highest BCUT2D eigenvalue weighted by Gasteiger charge is 2.37. The third kappa shape index (κ3) is 2.52. The molecule has 2 atom stereocenters. The number of ether oxygens (including phenoxy) is 2. The molecule has 1 aromatic carbocycles. The molecule has 2 aliphatic rings. The van der Waals surface area contributed by atoms with E-state index in [1.54, 1.807) is 5.57 Å². The Labute approximate surface area is 102 Å². The summed E-state index contributed by atoms with van der Waals surface area (Å²) >= 11 is 0. The number of allylic oxidation sites excluding steroid dienone is 1. The van der Waals surface area contributed by atoms with Crippen LogP contribution in [0.3, 0.4) is 0 Å². The number of hydrogen-bond donors (Lipinski definition) is 0. The molecule has 0 saturated heterocycles. The molecular weight excluding hydrogens is 212 g/mol. The summed E-state index contributed by atoms with van der Waals surface area (Å²) in [4.78, 5) is 0. The maximum atomic E-state index is 5.95. The molecule has 90 valence electrons. The Morgan fingerprint density at radius 2 is 2.06 bits per heavy atom. The van der Waals surface area contributed by atoms with Crippen LogP contribution in [0.15, 0.2) is 35.9 Å². The van der Waals surface area contributed by atoms with Crippen LogP contribution in [0.1, 0.15) is 25.3 Å². The molecule has 0 amide bonds. The Morgan fingerprint density at radius 3 is 2.71 bits per heavy atom. The fraction of sp³-hybridized carbons (Fsp3) is 0.467. The predicted octanol–water partition coefficient (Wildman–Crippen LogP) is 3.32. The maximum Gasteiger partial charge on any atom is 0.119 e.